The maximum Gasteiger partial charge on any atom is 0.335 e. The van der Waals surface area contributed by atoms with E-state index in [1.165, 1.54) is 26.4 Å². The van der Waals surface area contributed by atoms with Crippen LogP contribution in [0, 0.1) is 0 Å². The molecule has 1 saturated heterocycles. The van der Waals surface area contributed by atoms with Crippen molar-refractivity contribution in [3.8, 4) is 11.5 Å². The zero-order valence-electron chi connectivity index (χ0n) is 12.5. The number of carboxylic acids is 1. The zero-order valence-corrected chi connectivity index (χ0v) is 12.5. The predicted molar refractivity (Wildman–Crippen MR) is 78.7 cm³/mol. The molecule has 0 bridgehead atoms. The van der Waals surface area contributed by atoms with Gasteiger partial charge in [0.05, 0.1) is 38.0 Å². The molecule has 1 fully saturated rings. The lowest BCUT2D eigenvalue weighted by Crippen LogP contribution is -2.20. The molecule has 0 spiro atoms. The summed E-state index contributed by atoms with van der Waals surface area (Å²) < 4.78 is 15.7. The van der Waals surface area contributed by atoms with Crippen molar-refractivity contribution in [1.82, 2.24) is 0 Å². The number of amides is 1. The van der Waals surface area contributed by atoms with Crippen LogP contribution in [0.2, 0.25) is 0 Å². The minimum atomic E-state index is -1.12. The fourth-order valence-corrected chi connectivity index (χ4v) is 2.39. The van der Waals surface area contributed by atoms with Gasteiger partial charge in [0.15, 0.2) is 11.5 Å². The third-order valence-electron chi connectivity index (χ3n) is 3.44. The quantitative estimate of drug-likeness (QED) is 0.833. The number of carbonyl (C=O) groups excluding carboxylic acids is 1. The van der Waals surface area contributed by atoms with Crippen LogP contribution in [-0.4, -0.2) is 43.9 Å². The van der Waals surface area contributed by atoms with Gasteiger partial charge in [0.1, 0.15) is 0 Å². The first-order valence-electron chi connectivity index (χ1n) is 6.96. The number of anilines is 1. The highest BCUT2D eigenvalue weighted by Gasteiger charge is 2.21. The van der Waals surface area contributed by atoms with Crippen molar-refractivity contribution in [2.24, 2.45) is 0 Å². The van der Waals surface area contributed by atoms with E-state index in [1.54, 1.807) is 0 Å². The van der Waals surface area contributed by atoms with Crippen LogP contribution >= 0.6 is 0 Å². The monoisotopic (exact) mass is 309 g/mol. The van der Waals surface area contributed by atoms with Gasteiger partial charge in [-0.2, -0.15) is 0 Å². The molecule has 1 atom stereocenters. The van der Waals surface area contributed by atoms with Crippen molar-refractivity contribution < 1.29 is 28.9 Å². The third-order valence-corrected chi connectivity index (χ3v) is 3.44. The molecular weight excluding hydrogens is 290 g/mol. The second-order valence-electron chi connectivity index (χ2n) is 4.95. The maximum atomic E-state index is 12.1. The van der Waals surface area contributed by atoms with E-state index in [4.69, 9.17) is 19.3 Å². The number of hydrogen-bond acceptors (Lipinski definition) is 5. The molecule has 1 aromatic rings. The first-order chi connectivity index (χ1) is 10.5. The Hall–Kier alpha value is -2.28. The molecule has 0 aliphatic carbocycles. The Morgan fingerprint density at radius 2 is 2.14 bits per heavy atom. The molecule has 1 heterocycles. The van der Waals surface area contributed by atoms with E-state index >= 15 is 0 Å². The highest BCUT2D eigenvalue weighted by Crippen LogP contribution is 2.36. The van der Waals surface area contributed by atoms with E-state index < -0.39 is 5.97 Å². The van der Waals surface area contributed by atoms with Crippen LogP contribution in [0.15, 0.2) is 12.1 Å². The number of aromatic carboxylic acids is 1. The maximum absolute atomic E-state index is 12.1. The summed E-state index contributed by atoms with van der Waals surface area (Å²) in [5, 5.41) is 11.8. The van der Waals surface area contributed by atoms with Gasteiger partial charge >= 0.3 is 5.97 Å². The molecule has 22 heavy (non-hydrogen) atoms. The Kier molecular flexibility index (Phi) is 5.21. The number of carbonyl (C=O) groups is 2. The van der Waals surface area contributed by atoms with E-state index in [2.05, 4.69) is 5.32 Å². The van der Waals surface area contributed by atoms with Crippen molar-refractivity contribution in [1.29, 1.82) is 0 Å². The van der Waals surface area contributed by atoms with Gasteiger partial charge < -0.3 is 24.6 Å². The Morgan fingerprint density at radius 1 is 1.36 bits per heavy atom. The second-order valence-corrected chi connectivity index (χ2v) is 4.95. The summed E-state index contributed by atoms with van der Waals surface area (Å²) in [5.74, 6) is -0.839. The molecular formula is C15H19NO6. The lowest BCUT2D eigenvalue weighted by Gasteiger charge is -2.15. The van der Waals surface area contributed by atoms with E-state index in [0.29, 0.717) is 6.61 Å². The summed E-state index contributed by atoms with van der Waals surface area (Å²) in [5.41, 5.74) is 0.271. The van der Waals surface area contributed by atoms with Crippen LogP contribution in [0.4, 0.5) is 5.69 Å². The van der Waals surface area contributed by atoms with Crippen LogP contribution in [0.3, 0.4) is 0 Å². The molecule has 0 radical (unpaired) electrons. The van der Waals surface area contributed by atoms with Gasteiger partial charge in [-0.1, -0.05) is 0 Å². The van der Waals surface area contributed by atoms with E-state index in [1.807, 2.05) is 0 Å². The van der Waals surface area contributed by atoms with Crippen LogP contribution < -0.4 is 14.8 Å². The molecule has 2 rings (SSSR count). The van der Waals surface area contributed by atoms with Crippen molar-refractivity contribution in [3.05, 3.63) is 17.7 Å². The second kappa shape index (κ2) is 7.13. The fourth-order valence-electron chi connectivity index (χ4n) is 2.39. The summed E-state index contributed by atoms with van der Waals surface area (Å²) >= 11 is 0. The first kappa shape index (κ1) is 16.1. The molecule has 0 aromatic heterocycles. The number of ether oxygens (including phenoxy) is 3. The lowest BCUT2D eigenvalue weighted by atomic mass is 10.1. The van der Waals surface area contributed by atoms with Crippen LogP contribution in [0.5, 0.6) is 11.5 Å². The molecule has 1 aliphatic heterocycles. The molecule has 2 N–H and O–H groups in total. The van der Waals surface area contributed by atoms with Crippen molar-refractivity contribution in [2.45, 2.75) is 25.4 Å². The zero-order chi connectivity index (χ0) is 16.1. The van der Waals surface area contributed by atoms with Gasteiger partial charge in [-0.05, 0) is 25.0 Å². The minimum absolute atomic E-state index is 0.00469. The molecule has 1 amide bonds. The standard InChI is InChI=1S/C15H19NO6/c1-20-12-7-9(15(18)19)6-11(14(12)21-2)16-13(17)8-10-4-3-5-22-10/h6-7,10H,3-5,8H2,1-2H3,(H,16,17)(H,18,19). The third kappa shape index (κ3) is 3.67. The summed E-state index contributed by atoms with van der Waals surface area (Å²) in [6.45, 7) is 0.670. The summed E-state index contributed by atoms with van der Waals surface area (Å²) in [6.07, 6.45) is 1.94. The SMILES string of the molecule is COc1cc(C(=O)O)cc(NC(=O)CC2CCCO2)c1OC. The minimum Gasteiger partial charge on any atom is -0.493 e. The Balaban J connectivity index is 2.21. The van der Waals surface area contributed by atoms with Crippen LogP contribution in [-0.2, 0) is 9.53 Å². The summed E-state index contributed by atoms with van der Waals surface area (Å²) in [4.78, 5) is 23.2. The van der Waals surface area contributed by atoms with Crippen LogP contribution in [0.25, 0.3) is 0 Å². The largest absolute Gasteiger partial charge is 0.493 e. The van der Waals surface area contributed by atoms with Gasteiger partial charge in [0.25, 0.3) is 0 Å². The Morgan fingerprint density at radius 3 is 2.68 bits per heavy atom. The van der Waals surface area contributed by atoms with Gasteiger partial charge in [-0.15, -0.1) is 0 Å². The van der Waals surface area contributed by atoms with Crippen molar-refractivity contribution in [2.75, 3.05) is 26.1 Å². The molecule has 1 unspecified atom stereocenters. The topological polar surface area (TPSA) is 94.1 Å². The van der Waals surface area contributed by atoms with E-state index in [0.717, 1.165) is 12.8 Å². The lowest BCUT2D eigenvalue weighted by molar-refractivity contribution is -0.118. The molecule has 120 valence electrons. The molecule has 7 heteroatoms. The smallest absolute Gasteiger partial charge is 0.335 e. The van der Waals surface area contributed by atoms with Crippen LogP contribution in [0.1, 0.15) is 29.6 Å². The molecule has 1 aliphatic rings. The number of rotatable bonds is 6. The number of benzene rings is 1. The fraction of sp³-hybridized carbons (Fsp3) is 0.467. The number of carboxylic acid groups (broad SMARTS) is 1. The van der Waals surface area contributed by atoms with Crippen molar-refractivity contribution >= 4 is 17.6 Å². The summed E-state index contributed by atoms with van der Waals surface area (Å²) in [6, 6.07) is 2.69. The van der Waals surface area contributed by atoms with E-state index in [9.17, 15) is 9.59 Å². The average molecular weight is 309 g/mol. The first-order valence-corrected chi connectivity index (χ1v) is 6.96. The Labute approximate surface area is 128 Å². The van der Waals surface area contributed by atoms with Gasteiger partial charge in [0, 0.05) is 6.61 Å². The number of methoxy groups -OCH3 is 2. The molecule has 0 saturated carbocycles. The Bertz CT molecular complexity index is 565. The van der Waals surface area contributed by atoms with Gasteiger partial charge in [0.2, 0.25) is 5.91 Å². The normalized spacial score (nSPS) is 17.1. The molecule has 7 nitrogen and oxygen atoms in total. The predicted octanol–water partition coefficient (Wildman–Crippen LogP) is 1.91. The average Bonchev–Trinajstić information content (AvgIpc) is 2.98. The summed E-state index contributed by atoms with van der Waals surface area (Å²) in [7, 11) is 2.83. The van der Waals surface area contributed by atoms with E-state index in [-0.39, 0.29) is 41.2 Å². The number of hydrogen-bond donors (Lipinski definition) is 2. The van der Waals surface area contributed by atoms with Crippen molar-refractivity contribution in [3.63, 3.8) is 0 Å². The molecule has 1 aromatic carbocycles. The highest BCUT2D eigenvalue weighted by molar-refractivity contribution is 5.96. The van der Waals surface area contributed by atoms with Gasteiger partial charge in [-0.25, -0.2) is 4.79 Å². The number of nitrogens with one attached hydrogen (secondary N) is 1. The highest BCUT2D eigenvalue weighted by atomic mass is 16.5. The van der Waals surface area contributed by atoms with Gasteiger partial charge in [-0.3, -0.25) is 4.79 Å².